The Kier molecular flexibility index (Phi) is 5.71. The number of benzene rings is 3. The number of hydrogen-bond acceptors (Lipinski definition) is 2. The molecule has 2 aliphatic rings. The quantitative estimate of drug-likeness (QED) is 0.424. The number of carbonyl (C=O) groups is 1. The number of ketones is 1. The van der Waals surface area contributed by atoms with Crippen molar-refractivity contribution in [2.24, 2.45) is 0 Å². The van der Waals surface area contributed by atoms with E-state index < -0.39 is 0 Å². The van der Waals surface area contributed by atoms with Crippen LogP contribution in [0, 0.1) is 0 Å². The highest BCUT2D eigenvalue weighted by Crippen LogP contribution is 2.37. The molecular formula is C29H28O2. The van der Waals surface area contributed by atoms with Crippen molar-refractivity contribution in [3.63, 3.8) is 0 Å². The molecule has 0 aromatic heterocycles. The zero-order valence-corrected chi connectivity index (χ0v) is 17.8. The Morgan fingerprint density at radius 3 is 2.23 bits per heavy atom. The van der Waals surface area contributed by atoms with Crippen LogP contribution in [0.4, 0.5) is 0 Å². The molecular weight excluding hydrogens is 380 g/mol. The van der Waals surface area contributed by atoms with Crippen LogP contribution >= 0.6 is 0 Å². The van der Waals surface area contributed by atoms with Crippen molar-refractivity contribution in [3.05, 3.63) is 107 Å². The fourth-order valence-corrected chi connectivity index (χ4v) is 4.93. The van der Waals surface area contributed by atoms with E-state index in [4.69, 9.17) is 4.74 Å². The molecule has 0 spiro atoms. The van der Waals surface area contributed by atoms with Crippen molar-refractivity contribution in [2.45, 2.75) is 51.0 Å². The van der Waals surface area contributed by atoms with Gasteiger partial charge in [-0.1, -0.05) is 61.0 Å². The molecule has 1 saturated carbocycles. The fourth-order valence-electron chi connectivity index (χ4n) is 4.93. The zero-order chi connectivity index (χ0) is 21.0. The van der Waals surface area contributed by atoms with Crippen LogP contribution in [0.25, 0.3) is 5.57 Å². The first-order valence-corrected chi connectivity index (χ1v) is 11.5. The van der Waals surface area contributed by atoms with Gasteiger partial charge in [-0.2, -0.15) is 0 Å². The van der Waals surface area contributed by atoms with Crippen LogP contribution in [0.2, 0.25) is 0 Å². The lowest BCUT2D eigenvalue weighted by Gasteiger charge is -2.24. The second kappa shape index (κ2) is 8.93. The minimum atomic E-state index is 0.123. The lowest BCUT2D eigenvalue weighted by molar-refractivity contribution is 0.103. The van der Waals surface area contributed by atoms with E-state index in [9.17, 15) is 4.79 Å². The first-order chi connectivity index (χ1) is 15.3. The van der Waals surface area contributed by atoms with E-state index in [0.717, 1.165) is 53.7 Å². The predicted octanol–water partition coefficient (Wildman–Crippen LogP) is 7.03. The summed E-state index contributed by atoms with van der Waals surface area (Å²) in [5, 5.41) is 0. The largest absolute Gasteiger partial charge is 0.490 e. The molecule has 0 bridgehead atoms. The number of fused-ring (bicyclic) bond motifs is 1. The van der Waals surface area contributed by atoms with Crippen molar-refractivity contribution < 1.29 is 9.53 Å². The molecule has 3 aromatic rings. The van der Waals surface area contributed by atoms with Gasteiger partial charge in [-0.3, -0.25) is 4.79 Å². The van der Waals surface area contributed by atoms with Gasteiger partial charge in [-0.05, 0) is 85.1 Å². The molecule has 2 aliphatic carbocycles. The van der Waals surface area contributed by atoms with Gasteiger partial charge in [0.1, 0.15) is 5.75 Å². The summed E-state index contributed by atoms with van der Waals surface area (Å²) in [5.41, 5.74) is 6.32. The van der Waals surface area contributed by atoms with Gasteiger partial charge >= 0.3 is 0 Å². The van der Waals surface area contributed by atoms with Gasteiger partial charge in [0.15, 0.2) is 5.78 Å². The predicted molar refractivity (Wildman–Crippen MR) is 126 cm³/mol. The molecule has 0 N–H and O–H groups in total. The Labute approximate surface area is 184 Å². The van der Waals surface area contributed by atoms with Crippen LogP contribution in [-0.2, 0) is 6.42 Å². The molecule has 1 fully saturated rings. The summed E-state index contributed by atoms with van der Waals surface area (Å²) < 4.78 is 6.15. The summed E-state index contributed by atoms with van der Waals surface area (Å²) in [6.07, 6.45) is 8.06. The summed E-state index contributed by atoms with van der Waals surface area (Å²) in [5.74, 6) is 0.993. The molecule has 156 valence electrons. The minimum Gasteiger partial charge on any atom is -0.490 e. The van der Waals surface area contributed by atoms with E-state index in [1.807, 2.05) is 42.5 Å². The third-order valence-corrected chi connectivity index (χ3v) is 6.54. The van der Waals surface area contributed by atoms with Crippen molar-refractivity contribution in [1.29, 1.82) is 0 Å². The maximum Gasteiger partial charge on any atom is 0.189 e. The van der Waals surface area contributed by atoms with Gasteiger partial charge in [-0.15, -0.1) is 0 Å². The van der Waals surface area contributed by atoms with E-state index in [1.165, 1.54) is 30.4 Å². The number of Topliss-reactive ketones (excluding diaryl/α,β-unsaturated/α-hetero) is 1. The summed E-state index contributed by atoms with van der Waals surface area (Å²) >= 11 is 0. The number of allylic oxidation sites excluding steroid dienone is 1. The van der Waals surface area contributed by atoms with Crippen LogP contribution < -0.4 is 4.74 Å². The lowest BCUT2D eigenvalue weighted by atomic mass is 9.80. The molecule has 0 atom stereocenters. The molecule has 0 amide bonds. The molecule has 2 heteroatoms. The normalized spacial score (nSPS) is 16.6. The van der Waals surface area contributed by atoms with Gasteiger partial charge in [0.25, 0.3) is 0 Å². The first-order valence-electron chi connectivity index (χ1n) is 11.5. The van der Waals surface area contributed by atoms with Crippen LogP contribution in [0.5, 0.6) is 5.75 Å². The van der Waals surface area contributed by atoms with Crippen molar-refractivity contribution in [2.75, 3.05) is 0 Å². The second-order valence-corrected chi connectivity index (χ2v) is 8.61. The zero-order valence-electron chi connectivity index (χ0n) is 17.8. The summed E-state index contributed by atoms with van der Waals surface area (Å²) in [6.45, 7) is 0. The highest BCUT2D eigenvalue weighted by Gasteiger charge is 2.25. The number of carbonyl (C=O) groups excluding carboxylic acids is 1. The van der Waals surface area contributed by atoms with E-state index in [1.54, 1.807) is 0 Å². The van der Waals surface area contributed by atoms with E-state index in [-0.39, 0.29) is 5.78 Å². The van der Waals surface area contributed by atoms with Crippen molar-refractivity contribution in [1.82, 2.24) is 0 Å². The topological polar surface area (TPSA) is 26.3 Å². The Balaban J connectivity index is 1.47. The second-order valence-electron chi connectivity index (χ2n) is 8.61. The highest BCUT2D eigenvalue weighted by molar-refractivity contribution is 6.15. The number of hydrogen-bond donors (Lipinski definition) is 0. The summed E-state index contributed by atoms with van der Waals surface area (Å²) in [4.78, 5) is 13.6. The first kappa shape index (κ1) is 19.8. The van der Waals surface area contributed by atoms with Gasteiger partial charge in [0.2, 0.25) is 0 Å². The summed E-state index contributed by atoms with van der Waals surface area (Å²) in [7, 11) is 0. The van der Waals surface area contributed by atoms with Crippen LogP contribution in [0.15, 0.2) is 84.4 Å². The van der Waals surface area contributed by atoms with Crippen LogP contribution in [0.1, 0.15) is 65.6 Å². The van der Waals surface area contributed by atoms with Crippen molar-refractivity contribution >= 4 is 11.4 Å². The molecule has 0 radical (unpaired) electrons. The Morgan fingerprint density at radius 2 is 1.45 bits per heavy atom. The SMILES string of the molecule is O=C(C1=C(c2ccccc2)c2ccccc2CC1)c1ccc(OC2CCCCC2)cc1. The smallest absolute Gasteiger partial charge is 0.189 e. The fraction of sp³-hybridized carbons (Fsp3) is 0.276. The molecule has 3 aromatic carbocycles. The van der Waals surface area contributed by atoms with Gasteiger partial charge in [0, 0.05) is 11.1 Å². The molecule has 0 aliphatic heterocycles. The van der Waals surface area contributed by atoms with Gasteiger partial charge < -0.3 is 4.74 Å². The van der Waals surface area contributed by atoms with Gasteiger partial charge in [0.05, 0.1) is 6.10 Å². The Morgan fingerprint density at radius 1 is 0.742 bits per heavy atom. The molecule has 0 unspecified atom stereocenters. The maximum atomic E-state index is 13.6. The number of aryl methyl sites for hydroxylation is 1. The standard InChI is InChI=1S/C29H28O2/c30-29(23-15-18-25(19-16-23)31-24-12-5-2-6-13-24)27-20-17-21-9-7-8-14-26(21)28(27)22-10-3-1-4-11-22/h1,3-4,7-11,14-16,18-19,24H,2,5-6,12-13,17,20H2. The number of rotatable bonds is 5. The molecule has 5 rings (SSSR count). The lowest BCUT2D eigenvalue weighted by Crippen LogP contribution is -2.19. The number of ether oxygens (including phenoxy) is 1. The third-order valence-electron chi connectivity index (χ3n) is 6.54. The molecule has 0 saturated heterocycles. The Hall–Kier alpha value is -3.13. The highest BCUT2D eigenvalue weighted by atomic mass is 16.5. The Bertz CT molecular complexity index is 1090. The van der Waals surface area contributed by atoms with E-state index in [0.29, 0.717) is 6.10 Å². The third kappa shape index (κ3) is 4.20. The van der Waals surface area contributed by atoms with E-state index in [2.05, 4.69) is 36.4 Å². The molecule has 2 nitrogen and oxygen atoms in total. The molecule has 31 heavy (non-hydrogen) atoms. The van der Waals surface area contributed by atoms with E-state index >= 15 is 0 Å². The average molecular weight is 409 g/mol. The minimum absolute atomic E-state index is 0.123. The molecule has 0 heterocycles. The van der Waals surface area contributed by atoms with Crippen molar-refractivity contribution in [3.8, 4) is 5.75 Å². The summed E-state index contributed by atoms with van der Waals surface area (Å²) in [6, 6.07) is 26.5. The maximum absolute atomic E-state index is 13.6. The van der Waals surface area contributed by atoms with Gasteiger partial charge in [-0.25, -0.2) is 0 Å². The van der Waals surface area contributed by atoms with Crippen LogP contribution in [0.3, 0.4) is 0 Å². The monoisotopic (exact) mass is 408 g/mol. The van der Waals surface area contributed by atoms with Crippen LogP contribution in [-0.4, -0.2) is 11.9 Å². The average Bonchev–Trinajstić information content (AvgIpc) is 2.84.